The molecule has 11 heteroatoms. The minimum atomic E-state index is -2.53. The van der Waals surface area contributed by atoms with Crippen molar-refractivity contribution in [1.82, 2.24) is 4.98 Å². The number of benzene rings is 1. The number of aliphatic hydroxyl groups is 4. The number of carboxylic acids is 1. The fraction of sp³-hybridized carbons (Fsp3) is 0.474. The summed E-state index contributed by atoms with van der Waals surface area (Å²) < 4.78 is 9.69. The number of aromatic amines is 1. The molecule has 1 aromatic carbocycles. The molecule has 0 bridgehead atoms. The first-order chi connectivity index (χ1) is 14.1. The van der Waals surface area contributed by atoms with Crippen LogP contribution in [0, 0.1) is 0 Å². The van der Waals surface area contributed by atoms with Gasteiger partial charge in [0.25, 0.3) is 0 Å². The zero-order chi connectivity index (χ0) is 22.5. The molecule has 166 valence electrons. The summed E-state index contributed by atoms with van der Waals surface area (Å²) >= 11 is 0. The van der Waals surface area contributed by atoms with Crippen molar-refractivity contribution in [2.45, 2.75) is 49.6 Å². The van der Waals surface area contributed by atoms with Gasteiger partial charge in [0, 0.05) is 18.6 Å². The molecule has 0 spiro atoms. The number of hydrogen-bond donors (Lipinski definition) is 7. The smallest absolute Gasteiger partial charge is 0.377 e. The molecule has 1 saturated heterocycles. The first-order valence-corrected chi connectivity index (χ1v) is 9.15. The number of aliphatic carboxylic acids is 1. The number of fused-ring (bicyclic) bond motifs is 1. The van der Waals surface area contributed by atoms with Gasteiger partial charge in [0.15, 0.2) is 0 Å². The van der Waals surface area contributed by atoms with Crippen molar-refractivity contribution in [3.63, 3.8) is 0 Å². The van der Waals surface area contributed by atoms with Gasteiger partial charge < -0.3 is 45.7 Å². The van der Waals surface area contributed by atoms with Crippen molar-refractivity contribution in [2.75, 3.05) is 6.61 Å². The summed E-state index contributed by atoms with van der Waals surface area (Å²) in [5.41, 5.74) is 6.81. The Bertz CT molecular complexity index is 827. The summed E-state index contributed by atoms with van der Waals surface area (Å²) in [5, 5.41) is 48.3. The number of aliphatic hydroxyl groups excluding tert-OH is 4. The summed E-state index contributed by atoms with van der Waals surface area (Å²) in [5.74, 6) is -5.20. The molecule has 0 radical (unpaired) electrons. The quantitative estimate of drug-likeness (QED) is 0.282. The Labute approximate surface area is 171 Å². The zero-order valence-electron chi connectivity index (χ0n) is 16.2. The molecular weight excluding hydrogens is 400 g/mol. The van der Waals surface area contributed by atoms with E-state index in [-0.39, 0.29) is 0 Å². The van der Waals surface area contributed by atoms with Crippen LogP contribution in [0.4, 0.5) is 0 Å². The predicted octanol–water partition coefficient (Wildman–Crippen LogP) is -1.31. The molecule has 1 aromatic heterocycles. The van der Waals surface area contributed by atoms with Crippen molar-refractivity contribution in [2.24, 2.45) is 5.73 Å². The van der Waals surface area contributed by atoms with E-state index in [4.69, 9.17) is 15.6 Å². The molecule has 8 N–H and O–H groups in total. The van der Waals surface area contributed by atoms with E-state index in [0.717, 1.165) is 6.92 Å². The van der Waals surface area contributed by atoms with Gasteiger partial charge in [0.1, 0.15) is 18.3 Å². The van der Waals surface area contributed by atoms with Gasteiger partial charge in [-0.1, -0.05) is 18.2 Å². The summed E-state index contributed by atoms with van der Waals surface area (Å²) in [6.45, 7) is 0.112. The third-order valence-corrected chi connectivity index (χ3v) is 4.64. The van der Waals surface area contributed by atoms with E-state index in [1.807, 2.05) is 18.3 Å². The van der Waals surface area contributed by atoms with Crippen LogP contribution in [-0.2, 0) is 19.1 Å². The second-order valence-electron chi connectivity index (χ2n) is 6.89. The number of aromatic nitrogens is 1. The van der Waals surface area contributed by atoms with Gasteiger partial charge >= 0.3 is 17.7 Å². The number of nitrogens with two attached hydrogens (primary N) is 1. The third kappa shape index (κ3) is 5.33. The highest BCUT2D eigenvalue weighted by Crippen LogP contribution is 2.32. The van der Waals surface area contributed by atoms with Crippen molar-refractivity contribution in [3.8, 4) is 0 Å². The molecule has 0 saturated carbocycles. The highest BCUT2D eigenvalue weighted by molar-refractivity contribution is 5.80. The van der Waals surface area contributed by atoms with Crippen LogP contribution >= 0.6 is 0 Å². The van der Waals surface area contributed by atoms with E-state index in [2.05, 4.69) is 27.9 Å². The zero-order valence-corrected chi connectivity index (χ0v) is 16.2. The fourth-order valence-electron chi connectivity index (χ4n) is 3.08. The standard InChI is InChI=1S/C11H19NO9.C8H7N/c1-4(14)20-11(10(18)19)2-5(15)7(12)9(21-11)8(17)6(16)3-13;1-2-4-8-7(3-1)5-6-9-8/h5-9,13,15-17H,2-3,12H2,1H3,(H,18,19);1-6,9H/t5-,6?,7+,8?,9+,11?;/m0./s1. The van der Waals surface area contributed by atoms with E-state index in [1.165, 1.54) is 10.9 Å². The van der Waals surface area contributed by atoms with Crippen LogP contribution in [0.3, 0.4) is 0 Å². The maximum Gasteiger partial charge on any atom is 0.377 e. The first-order valence-electron chi connectivity index (χ1n) is 9.15. The maximum absolute atomic E-state index is 11.3. The molecule has 2 heterocycles. The van der Waals surface area contributed by atoms with Crippen LogP contribution in [0.15, 0.2) is 36.5 Å². The molecule has 0 aliphatic carbocycles. The fourth-order valence-corrected chi connectivity index (χ4v) is 3.08. The third-order valence-electron chi connectivity index (χ3n) is 4.64. The van der Waals surface area contributed by atoms with E-state index in [0.29, 0.717) is 0 Å². The Morgan fingerprint density at radius 1 is 1.33 bits per heavy atom. The van der Waals surface area contributed by atoms with Gasteiger partial charge in [0.2, 0.25) is 0 Å². The molecule has 6 atom stereocenters. The number of rotatable bonds is 5. The number of carboxylic acid groups (broad SMARTS) is 1. The van der Waals surface area contributed by atoms with Crippen LogP contribution in [0.5, 0.6) is 0 Å². The highest BCUT2D eigenvalue weighted by atomic mass is 16.7. The predicted molar refractivity (Wildman–Crippen MR) is 103 cm³/mol. The van der Waals surface area contributed by atoms with Crippen molar-refractivity contribution >= 4 is 22.8 Å². The number of H-pyrrole nitrogens is 1. The number of nitrogens with one attached hydrogen (secondary N) is 1. The van der Waals surface area contributed by atoms with Gasteiger partial charge in [-0.25, -0.2) is 4.79 Å². The minimum Gasteiger partial charge on any atom is -0.476 e. The average Bonchev–Trinajstić information content (AvgIpc) is 3.18. The Hall–Kier alpha value is -2.54. The number of carbonyl (C=O) groups is 2. The van der Waals surface area contributed by atoms with E-state index in [1.54, 1.807) is 0 Å². The first kappa shape index (κ1) is 23.7. The molecular formula is C19H26N2O9. The van der Waals surface area contributed by atoms with E-state index < -0.39 is 61.2 Å². The average molecular weight is 426 g/mol. The highest BCUT2D eigenvalue weighted by Gasteiger charge is 2.55. The topological polar surface area (TPSA) is 196 Å². The lowest BCUT2D eigenvalue weighted by molar-refractivity contribution is -0.298. The molecule has 3 rings (SSSR count). The Balaban J connectivity index is 0.000000290. The summed E-state index contributed by atoms with van der Waals surface area (Å²) in [6.07, 6.45) is -5.18. The van der Waals surface area contributed by atoms with Crippen molar-refractivity contribution in [1.29, 1.82) is 0 Å². The minimum absolute atomic E-state index is 0.637. The molecule has 11 nitrogen and oxygen atoms in total. The molecule has 1 fully saturated rings. The lowest BCUT2D eigenvalue weighted by Crippen LogP contribution is -2.66. The van der Waals surface area contributed by atoms with Crippen LogP contribution < -0.4 is 5.73 Å². The number of carbonyl (C=O) groups excluding carboxylic acids is 1. The van der Waals surface area contributed by atoms with Crippen LogP contribution in [0.2, 0.25) is 0 Å². The Kier molecular flexibility index (Phi) is 7.89. The van der Waals surface area contributed by atoms with Crippen molar-refractivity contribution in [3.05, 3.63) is 36.5 Å². The Morgan fingerprint density at radius 2 is 2.00 bits per heavy atom. The van der Waals surface area contributed by atoms with Crippen LogP contribution in [-0.4, -0.2) is 85.3 Å². The van der Waals surface area contributed by atoms with E-state index >= 15 is 0 Å². The maximum atomic E-state index is 11.3. The van der Waals surface area contributed by atoms with Gasteiger partial charge in [-0.15, -0.1) is 0 Å². The lowest BCUT2D eigenvalue weighted by Gasteiger charge is -2.44. The number of para-hydroxylation sites is 1. The van der Waals surface area contributed by atoms with Crippen LogP contribution in [0.25, 0.3) is 10.9 Å². The largest absolute Gasteiger partial charge is 0.476 e. The van der Waals surface area contributed by atoms with Gasteiger partial charge in [-0.3, -0.25) is 4.79 Å². The summed E-state index contributed by atoms with van der Waals surface area (Å²) in [7, 11) is 0. The molecule has 1 aliphatic rings. The number of hydrogen-bond acceptors (Lipinski definition) is 9. The van der Waals surface area contributed by atoms with Gasteiger partial charge in [-0.05, 0) is 17.5 Å². The SMILES string of the molecule is CC(=O)OC1(C(=O)O)C[C@H](O)[C@@H](N)[C@H](C(O)C(O)CO)O1.c1ccc2[nH]ccc2c1. The second-order valence-corrected chi connectivity index (χ2v) is 6.89. The lowest BCUT2D eigenvalue weighted by atomic mass is 9.89. The molecule has 1 aliphatic heterocycles. The molecule has 2 aromatic rings. The van der Waals surface area contributed by atoms with Crippen LogP contribution in [0.1, 0.15) is 13.3 Å². The van der Waals surface area contributed by atoms with Gasteiger partial charge in [-0.2, -0.15) is 0 Å². The van der Waals surface area contributed by atoms with E-state index in [9.17, 15) is 30.0 Å². The molecule has 30 heavy (non-hydrogen) atoms. The second kappa shape index (κ2) is 9.98. The molecule has 0 amide bonds. The monoisotopic (exact) mass is 426 g/mol. The number of esters is 1. The number of ether oxygens (including phenoxy) is 2. The summed E-state index contributed by atoms with van der Waals surface area (Å²) in [6, 6.07) is 9.04. The normalized spacial score (nSPS) is 28.1. The van der Waals surface area contributed by atoms with Crippen molar-refractivity contribution < 1.29 is 44.6 Å². The molecule has 3 unspecified atom stereocenters. The van der Waals surface area contributed by atoms with Gasteiger partial charge in [0.05, 0.1) is 25.2 Å². The summed E-state index contributed by atoms with van der Waals surface area (Å²) in [4.78, 5) is 25.5. The Morgan fingerprint density at radius 3 is 2.57 bits per heavy atom.